The van der Waals surface area contributed by atoms with Crippen molar-refractivity contribution in [1.29, 1.82) is 0 Å². The lowest BCUT2D eigenvalue weighted by Gasteiger charge is -2.22. The molecule has 1 saturated heterocycles. The van der Waals surface area contributed by atoms with Gasteiger partial charge in [-0.2, -0.15) is 0 Å². The molecule has 0 spiro atoms. The van der Waals surface area contributed by atoms with Crippen molar-refractivity contribution in [1.82, 2.24) is 0 Å². The first-order valence-corrected chi connectivity index (χ1v) is 6.99. The topological polar surface area (TPSA) is 38.7 Å². The Bertz CT molecular complexity index is 369. The summed E-state index contributed by atoms with van der Waals surface area (Å²) in [7, 11) is 0. The Kier molecular flexibility index (Phi) is 6.08. The van der Waals surface area contributed by atoms with E-state index < -0.39 is 6.10 Å². The first-order chi connectivity index (χ1) is 9.34. The molecule has 0 amide bonds. The Morgan fingerprint density at radius 3 is 2.89 bits per heavy atom. The molecule has 1 aromatic rings. The SMILES string of the molecule is O[C@@H](/C=C/c1ccccc1)CCOC1CCCCO1. The average Bonchev–Trinajstić information content (AvgIpc) is 2.47. The van der Waals surface area contributed by atoms with Crippen LogP contribution in [0, 0.1) is 0 Å². The van der Waals surface area contributed by atoms with Gasteiger partial charge in [-0.15, -0.1) is 0 Å². The normalized spacial score (nSPS) is 21.6. The third-order valence-corrected chi connectivity index (χ3v) is 3.17. The lowest BCUT2D eigenvalue weighted by Crippen LogP contribution is -2.23. The van der Waals surface area contributed by atoms with E-state index >= 15 is 0 Å². The first kappa shape index (κ1) is 14.3. The Morgan fingerprint density at radius 1 is 1.32 bits per heavy atom. The Balaban J connectivity index is 1.64. The summed E-state index contributed by atoms with van der Waals surface area (Å²) >= 11 is 0. The molecular formula is C16H22O3. The maximum Gasteiger partial charge on any atom is 0.157 e. The van der Waals surface area contributed by atoms with Gasteiger partial charge in [0.15, 0.2) is 6.29 Å². The maximum absolute atomic E-state index is 9.83. The van der Waals surface area contributed by atoms with Crippen LogP contribution in [0.5, 0.6) is 0 Å². The summed E-state index contributed by atoms with van der Waals surface area (Å²) in [5.74, 6) is 0. The molecule has 3 heteroatoms. The fourth-order valence-electron chi connectivity index (χ4n) is 2.05. The summed E-state index contributed by atoms with van der Waals surface area (Å²) in [4.78, 5) is 0. The second-order valence-corrected chi connectivity index (χ2v) is 4.79. The van der Waals surface area contributed by atoms with E-state index in [0.717, 1.165) is 25.0 Å². The molecule has 1 aromatic carbocycles. The van der Waals surface area contributed by atoms with E-state index in [4.69, 9.17) is 9.47 Å². The van der Waals surface area contributed by atoms with Gasteiger partial charge in [-0.05, 0) is 24.8 Å². The highest BCUT2D eigenvalue weighted by Gasteiger charge is 2.13. The smallest absolute Gasteiger partial charge is 0.157 e. The zero-order chi connectivity index (χ0) is 13.3. The van der Waals surface area contributed by atoms with Crippen LogP contribution in [0.2, 0.25) is 0 Å². The molecule has 2 atom stereocenters. The molecule has 0 aliphatic carbocycles. The Labute approximate surface area is 114 Å². The van der Waals surface area contributed by atoms with Crippen molar-refractivity contribution in [2.75, 3.05) is 13.2 Å². The molecule has 1 fully saturated rings. The fourth-order valence-corrected chi connectivity index (χ4v) is 2.05. The van der Waals surface area contributed by atoms with E-state index in [9.17, 15) is 5.11 Å². The fraction of sp³-hybridized carbons (Fsp3) is 0.500. The van der Waals surface area contributed by atoms with Crippen LogP contribution in [-0.4, -0.2) is 30.7 Å². The minimum atomic E-state index is -0.469. The zero-order valence-electron chi connectivity index (χ0n) is 11.2. The van der Waals surface area contributed by atoms with Crippen molar-refractivity contribution in [2.24, 2.45) is 0 Å². The van der Waals surface area contributed by atoms with Crippen LogP contribution in [-0.2, 0) is 9.47 Å². The lowest BCUT2D eigenvalue weighted by atomic mass is 10.1. The van der Waals surface area contributed by atoms with Gasteiger partial charge in [-0.25, -0.2) is 0 Å². The van der Waals surface area contributed by atoms with Crippen LogP contribution >= 0.6 is 0 Å². The van der Waals surface area contributed by atoms with Gasteiger partial charge in [0.25, 0.3) is 0 Å². The standard InChI is InChI=1S/C16H22O3/c17-15(10-9-14-6-2-1-3-7-14)11-13-19-16-8-4-5-12-18-16/h1-3,6-7,9-10,15-17H,4-5,8,11-13H2/b10-9+/t15-,16?/m0/s1. The van der Waals surface area contributed by atoms with Gasteiger partial charge in [-0.1, -0.05) is 42.5 Å². The molecule has 2 rings (SSSR count). The number of aliphatic hydroxyl groups is 1. The molecule has 1 aliphatic rings. The molecule has 19 heavy (non-hydrogen) atoms. The van der Waals surface area contributed by atoms with Crippen LogP contribution < -0.4 is 0 Å². The van der Waals surface area contributed by atoms with E-state index in [-0.39, 0.29) is 6.29 Å². The summed E-state index contributed by atoms with van der Waals surface area (Å²) in [6, 6.07) is 9.96. The van der Waals surface area contributed by atoms with Crippen molar-refractivity contribution in [3.8, 4) is 0 Å². The van der Waals surface area contributed by atoms with Gasteiger partial charge >= 0.3 is 0 Å². The van der Waals surface area contributed by atoms with Crippen molar-refractivity contribution in [2.45, 2.75) is 38.1 Å². The maximum atomic E-state index is 9.83. The Hall–Kier alpha value is -1.16. The minimum absolute atomic E-state index is 0.0703. The average molecular weight is 262 g/mol. The second-order valence-electron chi connectivity index (χ2n) is 4.79. The molecular weight excluding hydrogens is 240 g/mol. The third-order valence-electron chi connectivity index (χ3n) is 3.17. The molecule has 104 valence electrons. The number of hydrogen-bond donors (Lipinski definition) is 1. The third kappa shape index (κ3) is 5.55. The molecule has 0 aromatic heterocycles. The summed E-state index contributed by atoms with van der Waals surface area (Å²) in [6.07, 6.45) is 7.06. The van der Waals surface area contributed by atoms with E-state index in [2.05, 4.69) is 0 Å². The van der Waals surface area contributed by atoms with Gasteiger partial charge < -0.3 is 14.6 Å². The molecule has 1 unspecified atom stereocenters. The van der Waals surface area contributed by atoms with Crippen LogP contribution in [0.25, 0.3) is 6.08 Å². The summed E-state index contributed by atoms with van der Waals surface area (Å²) in [6.45, 7) is 1.33. The molecule has 0 bridgehead atoms. The molecule has 1 aliphatic heterocycles. The second kappa shape index (κ2) is 8.10. The van der Waals surface area contributed by atoms with Crippen LogP contribution in [0.4, 0.5) is 0 Å². The minimum Gasteiger partial charge on any atom is -0.389 e. The van der Waals surface area contributed by atoms with Gasteiger partial charge in [-0.3, -0.25) is 0 Å². The molecule has 0 saturated carbocycles. The number of rotatable bonds is 6. The summed E-state index contributed by atoms with van der Waals surface area (Å²) < 4.78 is 11.1. The number of aliphatic hydroxyl groups excluding tert-OH is 1. The summed E-state index contributed by atoms with van der Waals surface area (Å²) in [5.41, 5.74) is 1.10. The number of hydrogen-bond acceptors (Lipinski definition) is 3. The zero-order valence-corrected chi connectivity index (χ0v) is 11.2. The highest BCUT2D eigenvalue weighted by Crippen LogP contribution is 2.14. The highest BCUT2D eigenvalue weighted by atomic mass is 16.7. The van der Waals surface area contributed by atoms with E-state index in [1.807, 2.05) is 36.4 Å². The molecule has 3 nitrogen and oxygen atoms in total. The highest BCUT2D eigenvalue weighted by molar-refractivity contribution is 5.49. The Morgan fingerprint density at radius 2 is 2.16 bits per heavy atom. The number of benzene rings is 1. The number of ether oxygens (including phenoxy) is 2. The van der Waals surface area contributed by atoms with Gasteiger partial charge in [0.2, 0.25) is 0 Å². The van der Waals surface area contributed by atoms with Crippen LogP contribution in [0.15, 0.2) is 36.4 Å². The van der Waals surface area contributed by atoms with Crippen molar-refractivity contribution in [3.63, 3.8) is 0 Å². The van der Waals surface area contributed by atoms with Gasteiger partial charge in [0.05, 0.1) is 12.7 Å². The molecule has 0 radical (unpaired) electrons. The van der Waals surface area contributed by atoms with E-state index in [0.29, 0.717) is 13.0 Å². The van der Waals surface area contributed by atoms with Crippen molar-refractivity contribution in [3.05, 3.63) is 42.0 Å². The monoisotopic (exact) mass is 262 g/mol. The van der Waals surface area contributed by atoms with E-state index in [1.165, 1.54) is 6.42 Å². The van der Waals surface area contributed by atoms with Crippen molar-refractivity contribution < 1.29 is 14.6 Å². The molecule has 1 heterocycles. The van der Waals surface area contributed by atoms with Crippen LogP contribution in [0.1, 0.15) is 31.2 Å². The molecule has 1 N–H and O–H groups in total. The first-order valence-electron chi connectivity index (χ1n) is 6.99. The predicted octanol–water partition coefficient (Wildman–Crippen LogP) is 2.99. The lowest BCUT2D eigenvalue weighted by molar-refractivity contribution is -0.164. The van der Waals surface area contributed by atoms with Gasteiger partial charge in [0, 0.05) is 13.0 Å². The van der Waals surface area contributed by atoms with Gasteiger partial charge in [0.1, 0.15) is 0 Å². The van der Waals surface area contributed by atoms with Crippen LogP contribution in [0.3, 0.4) is 0 Å². The quantitative estimate of drug-likeness (QED) is 0.856. The predicted molar refractivity (Wildman–Crippen MR) is 75.6 cm³/mol. The summed E-state index contributed by atoms with van der Waals surface area (Å²) in [5, 5.41) is 9.83. The largest absolute Gasteiger partial charge is 0.389 e. The van der Waals surface area contributed by atoms with E-state index in [1.54, 1.807) is 6.08 Å². The van der Waals surface area contributed by atoms with Crippen molar-refractivity contribution >= 4 is 6.08 Å².